The summed E-state index contributed by atoms with van der Waals surface area (Å²) >= 11 is 0. The lowest BCUT2D eigenvalue weighted by Crippen LogP contribution is -2.27. The van der Waals surface area contributed by atoms with E-state index in [0.29, 0.717) is 17.4 Å². The molecule has 0 bridgehead atoms. The summed E-state index contributed by atoms with van der Waals surface area (Å²) in [6.07, 6.45) is 5.61. The number of aromatic amines is 2. The second-order valence-electron chi connectivity index (χ2n) is 8.41. The third-order valence-corrected chi connectivity index (χ3v) is 6.16. The Morgan fingerprint density at radius 2 is 1.84 bits per heavy atom. The monoisotopic (exact) mass is 427 g/mol. The van der Waals surface area contributed by atoms with E-state index in [1.54, 1.807) is 12.4 Å². The van der Waals surface area contributed by atoms with E-state index in [-0.39, 0.29) is 5.82 Å². The summed E-state index contributed by atoms with van der Waals surface area (Å²) in [7, 11) is 0. The van der Waals surface area contributed by atoms with Gasteiger partial charge in [0.05, 0.1) is 22.7 Å². The van der Waals surface area contributed by atoms with E-state index in [0.717, 1.165) is 70.4 Å². The number of nitrogens with zero attached hydrogens (tertiary/aromatic N) is 4. The molecule has 32 heavy (non-hydrogen) atoms. The Morgan fingerprint density at radius 1 is 0.969 bits per heavy atom. The molecule has 4 aromatic heterocycles. The number of piperidine rings is 1. The highest BCUT2D eigenvalue weighted by Crippen LogP contribution is 2.32. The van der Waals surface area contributed by atoms with Gasteiger partial charge in [0.15, 0.2) is 11.5 Å². The molecule has 160 valence electrons. The average Bonchev–Trinajstić information content (AvgIpc) is 3.42. The lowest BCUT2D eigenvalue weighted by molar-refractivity contribution is 0.454. The van der Waals surface area contributed by atoms with Crippen LogP contribution in [0.4, 0.5) is 4.39 Å². The van der Waals surface area contributed by atoms with E-state index in [2.05, 4.69) is 31.5 Å². The molecule has 1 fully saturated rings. The minimum absolute atomic E-state index is 0.277. The highest BCUT2D eigenvalue weighted by atomic mass is 19.1. The average molecular weight is 427 g/mol. The van der Waals surface area contributed by atoms with E-state index in [1.165, 1.54) is 12.1 Å². The SMILES string of the molecule is Cc1cc(F)cc(-c2cncc3[nH]c(-c4n[nH]c5ccc(C6CCNCC6)nc45)nc23)c1. The lowest BCUT2D eigenvalue weighted by Gasteiger charge is -2.22. The summed E-state index contributed by atoms with van der Waals surface area (Å²) < 4.78 is 14.0. The smallest absolute Gasteiger partial charge is 0.161 e. The first-order chi connectivity index (χ1) is 15.7. The van der Waals surface area contributed by atoms with Crippen LogP contribution in [0.1, 0.15) is 30.0 Å². The van der Waals surface area contributed by atoms with Crippen molar-refractivity contribution in [1.29, 1.82) is 0 Å². The van der Waals surface area contributed by atoms with Gasteiger partial charge in [0.25, 0.3) is 0 Å². The summed E-state index contributed by atoms with van der Waals surface area (Å²) in [4.78, 5) is 17.5. The fourth-order valence-electron chi connectivity index (χ4n) is 4.57. The van der Waals surface area contributed by atoms with Crippen molar-refractivity contribution in [3.8, 4) is 22.6 Å². The van der Waals surface area contributed by atoms with Gasteiger partial charge in [-0.15, -0.1) is 0 Å². The first-order valence-electron chi connectivity index (χ1n) is 10.8. The molecule has 1 aliphatic rings. The predicted molar refractivity (Wildman–Crippen MR) is 122 cm³/mol. The summed E-state index contributed by atoms with van der Waals surface area (Å²) in [6, 6.07) is 9.09. The molecular weight excluding hydrogens is 405 g/mol. The predicted octanol–water partition coefficient (Wildman–Crippen LogP) is 4.48. The molecule has 0 spiro atoms. The van der Waals surface area contributed by atoms with Gasteiger partial charge in [-0.05, 0) is 68.2 Å². The number of hydrogen-bond acceptors (Lipinski definition) is 5. The fourth-order valence-corrected chi connectivity index (χ4v) is 4.57. The molecule has 0 unspecified atom stereocenters. The summed E-state index contributed by atoms with van der Waals surface area (Å²) in [5, 5.41) is 11.0. The highest BCUT2D eigenvalue weighted by Gasteiger charge is 2.20. The topological polar surface area (TPSA) is 95.2 Å². The largest absolute Gasteiger partial charge is 0.335 e. The van der Waals surface area contributed by atoms with Crippen LogP contribution in [0.15, 0.2) is 42.7 Å². The van der Waals surface area contributed by atoms with Crippen molar-refractivity contribution in [1.82, 2.24) is 35.5 Å². The van der Waals surface area contributed by atoms with Gasteiger partial charge < -0.3 is 10.3 Å². The summed E-state index contributed by atoms with van der Waals surface area (Å²) in [5.74, 6) is 0.787. The lowest BCUT2D eigenvalue weighted by atomic mass is 9.94. The quantitative estimate of drug-likeness (QED) is 0.395. The van der Waals surface area contributed by atoms with Crippen LogP contribution in [0.5, 0.6) is 0 Å². The zero-order valence-electron chi connectivity index (χ0n) is 17.6. The second kappa shape index (κ2) is 7.49. The first kappa shape index (κ1) is 19.1. The van der Waals surface area contributed by atoms with Crippen molar-refractivity contribution in [3.05, 3.63) is 59.8 Å². The molecular formula is C24H22FN7. The minimum atomic E-state index is -0.277. The van der Waals surface area contributed by atoms with Gasteiger partial charge in [-0.25, -0.2) is 14.4 Å². The molecule has 6 rings (SSSR count). The highest BCUT2D eigenvalue weighted by molar-refractivity contribution is 5.95. The Labute approximate surface area is 183 Å². The third-order valence-electron chi connectivity index (χ3n) is 6.16. The van der Waals surface area contributed by atoms with Crippen LogP contribution in [0.25, 0.3) is 44.7 Å². The summed E-state index contributed by atoms with van der Waals surface area (Å²) in [6.45, 7) is 3.90. The van der Waals surface area contributed by atoms with E-state index >= 15 is 0 Å². The maximum Gasteiger partial charge on any atom is 0.161 e. The Bertz CT molecular complexity index is 1430. The number of H-pyrrole nitrogens is 2. The molecule has 5 aromatic rings. The molecule has 0 aliphatic carbocycles. The number of halogens is 1. The van der Waals surface area contributed by atoms with Crippen molar-refractivity contribution in [2.24, 2.45) is 0 Å². The van der Waals surface area contributed by atoms with Crippen molar-refractivity contribution >= 4 is 22.1 Å². The van der Waals surface area contributed by atoms with Crippen molar-refractivity contribution in [2.45, 2.75) is 25.7 Å². The zero-order valence-corrected chi connectivity index (χ0v) is 17.6. The molecule has 1 saturated heterocycles. The Morgan fingerprint density at radius 3 is 2.69 bits per heavy atom. The van der Waals surface area contributed by atoms with E-state index in [4.69, 9.17) is 9.97 Å². The molecule has 3 N–H and O–H groups in total. The number of rotatable bonds is 3. The number of imidazole rings is 1. The molecule has 0 amide bonds. The number of fused-ring (bicyclic) bond motifs is 2. The number of hydrogen-bond donors (Lipinski definition) is 3. The van der Waals surface area contributed by atoms with Gasteiger partial charge in [-0.1, -0.05) is 6.07 Å². The van der Waals surface area contributed by atoms with Crippen molar-refractivity contribution in [2.75, 3.05) is 13.1 Å². The Kier molecular flexibility index (Phi) is 4.46. The fraction of sp³-hybridized carbons (Fsp3) is 0.250. The van der Waals surface area contributed by atoms with Crippen LogP contribution in [-0.4, -0.2) is 43.2 Å². The Balaban J connectivity index is 1.47. The summed E-state index contributed by atoms with van der Waals surface area (Å²) in [5.41, 5.74) is 7.31. The van der Waals surface area contributed by atoms with Gasteiger partial charge in [0, 0.05) is 23.4 Å². The minimum Gasteiger partial charge on any atom is -0.335 e. The maximum absolute atomic E-state index is 14.0. The first-order valence-corrected chi connectivity index (χ1v) is 10.8. The zero-order chi connectivity index (χ0) is 21.7. The van der Waals surface area contributed by atoms with Gasteiger partial charge in [-0.2, -0.15) is 5.10 Å². The van der Waals surface area contributed by atoms with Crippen LogP contribution >= 0.6 is 0 Å². The number of aromatic nitrogens is 6. The number of pyridine rings is 2. The number of nitrogens with one attached hydrogen (secondary N) is 3. The van der Waals surface area contributed by atoms with Gasteiger partial charge in [0.2, 0.25) is 0 Å². The molecule has 0 saturated carbocycles. The van der Waals surface area contributed by atoms with Crippen molar-refractivity contribution < 1.29 is 4.39 Å². The second-order valence-corrected chi connectivity index (χ2v) is 8.41. The van der Waals surface area contributed by atoms with E-state index < -0.39 is 0 Å². The number of aryl methyl sites for hydroxylation is 1. The van der Waals surface area contributed by atoms with Crippen LogP contribution < -0.4 is 5.32 Å². The Hall–Kier alpha value is -3.65. The molecule has 1 aromatic carbocycles. The van der Waals surface area contributed by atoms with Crippen LogP contribution in [-0.2, 0) is 0 Å². The van der Waals surface area contributed by atoms with Crippen LogP contribution in [0.3, 0.4) is 0 Å². The standard InChI is InChI=1S/C24H22FN7/c1-13-8-15(10-16(25)9-13)17-11-27-12-20-21(17)30-24(29-20)23-22-19(31-32-23)3-2-18(28-22)14-4-6-26-7-5-14/h2-3,8-12,14,26H,4-7H2,1H3,(H,29,30)(H,31,32). The molecule has 5 heterocycles. The molecule has 1 aliphatic heterocycles. The van der Waals surface area contributed by atoms with Gasteiger partial charge in [0.1, 0.15) is 11.3 Å². The van der Waals surface area contributed by atoms with Gasteiger partial charge in [-0.3, -0.25) is 10.1 Å². The molecule has 7 nitrogen and oxygen atoms in total. The number of benzene rings is 1. The van der Waals surface area contributed by atoms with E-state index in [1.807, 2.05) is 19.1 Å². The van der Waals surface area contributed by atoms with Crippen molar-refractivity contribution in [3.63, 3.8) is 0 Å². The normalized spacial score (nSPS) is 15.1. The van der Waals surface area contributed by atoms with Crippen LogP contribution in [0, 0.1) is 12.7 Å². The third kappa shape index (κ3) is 3.23. The van der Waals surface area contributed by atoms with Crippen LogP contribution in [0.2, 0.25) is 0 Å². The molecule has 0 atom stereocenters. The molecule has 8 heteroatoms. The van der Waals surface area contributed by atoms with E-state index in [9.17, 15) is 4.39 Å². The maximum atomic E-state index is 14.0. The molecule has 0 radical (unpaired) electrons. The van der Waals surface area contributed by atoms with Gasteiger partial charge >= 0.3 is 0 Å².